The van der Waals surface area contributed by atoms with E-state index < -0.39 is 33.1 Å². The van der Waals surface area contributed by atoms with Crippen LogP contribution in [0.1, 0.15) is 6.92 Å². The number of hydrogen-bond donors (Lipinski definition) is 1. The first-order valence-corrected chi connectivity index (χ1v) is 10.2. The van der Waals surface area contributed by atoms with Crippen LogP contribution < -0.4 is 15.0 Å². The molecule has 0 atom stereocenters. The summed E-state index contributed by atoms with van der Waals surface area (Å²) in [6.45, 7) is 0.629. The Hall–Kier alpha value is -3.40. The van der Waals surface area contributed by atoms with Crippen molar-refractivity contribution in [3.8, 4) is 23.0 Å². The van der Waals surface area contributed by atoms with E-state index in [2.05, 4.69) is 4.74 Å². The monoisotopic (exact) mass is 437 g/mol. The van der Waals surface area contributed by atoms with Crippen LogP contribution in [-0.2, 0) is 15.7 Å². The molecule has 158 valence electrons. The second-order valence-corrected chi connectivity index (χ2v) is 8.33. The smallest absolute Gasteiger partial charge is 0.394 e. The van der Waals surface area contributed by atoms with E-state index in [1.807, 2.05) is 0 Å². The molecule has 0 saturated carbocycles. The van der Waals surface area contributed by atoms with E-state index in [4.69, 9.17) is 4.74 Å². The number of rotatable bonds is 7. The minimum atomic E-state index is -3.86. The van der Waals surface area contributed by atoms with E-state index in [0.717, 1.165) is 4.57 Å². The van der Waals surface area contributed by atoms with Crippen molar-refractivity contribution < 1.29 is 31.8 Å². The third kappa shape index (κ3) is 5.35. The largest absolute Gasteiger partial charge is 0.503 e. The molecule has 30 heavy (non-hydrogen) atoms. The fraction of sp³-hybridized carbons (Fsp3) is 0.150. The maximum Gasteiger partial charge on any atom is 0.394 e. The van der Waals surface area contributed by atoms with Gasteiger partial charge in [0.05, 0.1) is 4.90 Å². The summed E-state index contributed by atoms with van der Waals surface area (Å²) in [5, 5.41) is 9.43. The highest BCUT2D eigenvalue weighted by atomic mass is 32.2. The van der Waals surface area contributed by atoms with Gasteiger partial charge in [-0.3, -0.25) is 9.36 Å². The van der Waals surface area contributed by atoms with Gasteiger partial charge in [-0.1, -0.05) is 0 Å². The number of halogens is 2. The molecule has 1 N–H and O–H groups in total. The standard InChI is InChI=1S/C20H17F2NO6S/c1-20(21,22)29-16-6-4-14(5-7-16)28-15-8-10-17(11-9-15)30(26,27)13-23-12-2-3-18(24)19(23)25/h2-12,24H,13H2,1H3. The second-order valence-electron chi connectivity index (χ2n) is 6.37. The number of benzene rings is 2. The highest BCUT2D eigenvalue weighted by Crippen LogP contribution is 2.27. The van der Waals surface area contributed by atoms with Crippen molar-refractivity contribution in [3.63, 3.8) is 0 Å². The summed E-state index contributed by atoms with van der Waals surface area (Å²) in [6.07, 6.45) is -2.04. The van der Waals surface area contributed by atoms with Crippen molar-refractivity contribution in [1.82, 2.24) is 4.57 Å². The predicted molar refractivity (Wildman–Crippen MR) is 104 cm³/mol. The first-order chi connectivity index (χ1) is 14.0. The van der Waals surface area contributed by atoms with Gasteiger partial charge in [0, 0.05) is 13.1 Å². The number of aromatic hydroxyl groups is 1. The van der Waals surface area contributed by atoms with Gasteiger partial charge in [-0.05, 0) is 60.7 Å². The minimum absolute atomic E-state index is 0.0292. The zero-order valence-corrected chi connectivity index (χ0v) is 16.5. The molecule has 1 heterocycles. The summed E-state index contributed by atoms with van der Waals surface area (Å²) >= 11 is 0. The lowest BCUT2D eigenvalue weighted by atomic mass is 10.3. The van der Waals surface area contributed by atoms with Crippen LogP contribution in [0.3, 0.4) is 0 Å². The van der Waals surface area contributed by atoms with E-state index in [0.29, 0.717) is 18.4 Å². The van der Waals surface area contributed by atoms with Gasteiger partial charge in [0.1, 0.15) is 23.1 Å². The minimum Gasteiger partial charge on any atom is -0.503 e. The Morgan fingerprint density at radius 3 is 2.07 bits per heavy atom. The molecule has 3 aromatic rings. The molecular weight excluding hydrogens is 420 g/mol. The molecule has 0 spiro atoms. The van der Waals surface area contributed by atoms with Gasteiger partial charge in [-0.25, -0.2) is 8.42 Å². The van der Waals surface area contributed by atoms with Crippen LogP contribution in [-0.4, -0.2) is 24.2 Å². The summed E-state index contributed by atoms with van der Waals surface area (Å²) in [5.41, 5.74) is -0.811. The highest BCUT2D eigenvalue weighted by Gasteiger charge is 2.23. The van der Waals surface area contributed by atoms with Crippen LogP contribution in [0, 0.1) is 0 Å². The number of ether oxygens (including phenoxy) is 2. The summed E-state index contributed by atoms with van der Waals surface area (Å²) in [7, 11) is -3.86. The molecule has 0 bridgehead atoms. The lowest BCUT2D eigenvalue weighted by Gasteiger charge is -2.13. The van der Waals surface area contributed by atoms with Crippen molar-refractivity contribution in [2.75, 3.05) is 0 Å². The Labute approximate surface area is 170 Å². The Balaban J connectivity index is 1.71. The van der Waals surface area contributed by atoms with Gasteiger partial charge >= 0.3 is 6.11 Å². The molecule has 0 unspecified atom stereocenters. The van der Waals surface area contributed by atoms with Crippen molar-refractivity contribution in [3.05, 3.63) is 77.2 Å². The number of sulfone groups is 1. The van der Waals surface area contributed by atoms with Crippen molar-refractivity contribution >= 4 is 9.84 Å². The number of aromatic nitrogens is 1. The van der Waals surface area contributed by atoms with Crippen LogP contribution in [0.5, 0.6) is 23.0 Å². The van der Waals surface area contributed by atoms with Crippen LogP contribution in [0.4, 0.5) is 8.78 Å². The van der Waals surface area contributed by atoms with E-state index in [1.165, 1.54) is 66.9 Å². The van der Waals surface area contributed by atoms with Gasteiger partial charge in [-0.2, -0.15) is 8.78 Å². The fourth-order valence-electron chi connectivity index (χ4n) is 2.52. The number of alkyl halides is 2. The van der Waals surface area contributed by atoms with Gasteiger partial charge in [0.25, 0.3) is 5.56 Å². The van der Waals surface area contributed by atoms with Crippen LogP contribution in [0.15, 0.2) is 76.6 Å². The molecule has 10 heteroatoms. The highest BCUT2D eigenvalue weighted by molar-refractivity contribution is 7.90. The summed E-state index contributed by atoms with van der Waals surface area (Å²) < 4.78 is 61.6. The van der Waals surface area contributed by atoms with E-state index >= 15 is 0 Å². The van der Waals surface area contributed by atoms with Gasteiger partial charge in [-0.15, -0.1) is 0 Å². The molecule has 0 saturated heterocycles. The maximum atomic E-state index is 12.8. The molecule has 0 aliphatic rings. The first-order valence-electron chi connectivity index (χ1n) is 8.59. The van der Waals surface area contributed by atoms with Gasteiger partial charge in [0.15, 0.2) is 15.6 Å². The van der Waals surface area contributed by atoms with Crippen LogP contribution in [0.25, 0.3) is 0 Å². The van der Waals surface area contributed by atoms with E-state index in [-0.39, 0.29) is 10.6 Å². The zero-order valence-electron chi connectivity index (χ0n) is 15.7. The molecule has 0 radical (unpaired) electrons. The number of nitrogens with zero attached hydrogens (tertiary/aromatic N) is 1. The van der Waals surface area contributed by atoms with Crippen molar-refractivity contribution in [2.24, 2.45) is 0 Å². The topological polar surface area (TPSA) is 94.8 Å². The molecule has 0 aliphatic heterocycles. The lowest BCUT2D eigenvalue weighted by Crippen LogP contribution is -2.23. The fourth-order valence-corrected chi connectivity index (χ4v) is 3.79. The van der Waals surface area contributed by atoms with E-state index in [9.17, 15) is 27.1 Å². The van der Waals surface area contributed by atoms with Crippen molar-refractivity contribution in [2.45, 2.75) is 23.8 Å². The summed E-state index contributed by atoms with van der Waals surface area (Å²) in [5.74, 6) is -0.556. The molecule has 0 fully saturated rings. The SMILES string of the molecule is CC(F)(F)Oc1ccc(Oc2ccc(S(=O)(=O)Cn3cccc(O)c3=O)cc2)cc1. The third-order valence-electron chi connectivity index (χ3n) is 3.85. The van der Waals surface area contributed by atoms with Crippen molar-refractivity contribution in [1.29, 1.82) is 0 Å². The molecule has 3 rings (SSSR count). The van der Waals surface area contributed by atoms with Gasteiger partial charge < -0.3 is 14.6 Å². The summed E-state index contributed by atoms with van der Waals surface area (Å²) in [6, 6.07) is 13.5. The Kier molecular flexibility index (Phi) is 5.79. The molecule has 0 aliphatic carbocycles. The normalized spacial score (nSPS) is 11.8. The first kappa shape index (κ1) is 21.3. The quantitative estimate of drug-likeness (QED) is 0.605. The Morgan fingerprint density at radius 2 is 1.50 bits per heavy atom. The Morgan fingerprint density at radius 1 is 0.967 bits per heavy atom. The van der Waals surface area contributed by atoms with Gasteiger partial charge in [0.2, 0.25) is 0 Å². The average molecular weight is 437 g/mol. The van der Waals surface area contributed by atoms with E-state index in [1.54, 1.807) is 0 Å². The lowest BCUT2D eigenvalue weighted by molar-refractivity contribution is -0.158. The number of pyridine rings is 1. The van der Waals surface area contributed by atoms with Crippen LogP contribution >= 0.6 is 0 Å². The number of hydrogen-bond acceptors (Lipinski definition) is 6. The molecular formula is C20H17F2NO6S. The molecule has 1 aromatic heterocycles. The summed E-state index contributed by atoms with van der Waals surface area (Å²) in [4.78, 5) is 11.8. The molecule has 0 amide bonds. The molecule has 2 aromatic carbocycles. The average Bonchev–Trinajstić information content (AvgIpc) is 2.66. The third-order valence-corrected chi connectivity index (χ3v) is 5.46. The molecule has 7 nitrogen and oxygen atoms in total. The zero-order chi connectivity index (χ0) is 21.9. The second kappa shape index (κ2) is 8.15. The predicted octanol–water partition coefficient (Wildman–Crippen LogP) is 3.77. The van der Waals surface area contributed by atoms with Crippen LogP contribution in [0.2, 0.25) is 0 Å². The maximum absolute atomic E-state index is 12.8. The Bertz CT molecular complexity index is 1180.